The number of nitrogens with one attached hydrogen (secondary N) is 2. The number of rotatable bonds is 8. The van der Waals surface area contributed by atoms with Crippen LogP contribution in [0.1, 0.15) is 12.8 Å². The lowest BCUT2D eigenvalue weighted by molar-refractivity contribution is -0.131. The number of aromatic nitrogens is 3. The largest absolute Gasteiger partial charge is 0.452 e. The lowest BCUT2D eigenvalue weighted by Crippen LogP contribution is -2.44. The van der Waals surface area contributed by atoms with Gasteiger partial charge in [-0.2, -0.15) is 5.10 Å². The maximum absolute atomic E-state index is 15.3. The Hall–Kier alpha value is -5.36. The van der Waals surface area contributed by atoms with Gasteiger partial charge in [0.2, 0.25) is 11.8 Å². The van der Waals surface area contributed by atoms with Crippen molar-refractivity contribution in [3.63, 3.8) is 0 Å². The predicted octanol–water partition coefficient (Wildman–Crippen LogP) is 5.58. The number of anilines is 3. The van der Waals surface area contributed by atoms with Gasteiger partial charge in [-0.05, 0) is 80.6 Å². The van der Waals surface area contributed by atoms with Gasteiger partial charge >= 0.3 is 0 Å². The first kappa shape index (κ1) is 29.4. The molecule has 1 saturated heterocycles. The topological polar surface area (TPSA) is 104 Å². The minimum atomic E-state index is -1.27. The molecule has 2 aromatic carbocycles. The molecule has 2 aliphatic rings. The molecule has 1 aliphatic carbocycles. The molecule has 234 valence electrons. The molecule has 2 fully saturated rings. The molecular formula is C34H31F2N7O3. The molecule has 3 aromatic heterocycles. The SMILES string of the molecule is CN1CCN(c2ccc(-c3cc(Oc4ccc(NC(=O)C5(C(=O)Nc6ccc(F)cc6)CC5)cc4F)c4ccnn4c3)cn2)CC1. The van der Waals surface area contributed by atoms with Crippen LogP contribution in [0.25, 0.3) is 16.6 Å². The van der Waals surface area contributed by atoms with Crippen molar-refractivity contribution in [2.24, 2.45) is 5.41 Å². The van der Waals surface area contributed by atoms with Gasteiger partial charge in [0, 0.05) is 67.1 Å². The Kier molecular flexibility index (Phi) is 7.57. The van der Waals surface area contributed by atoms with E-state index in [9.17, 15) is 14.0 Å². The van der Waals surface area contributed by atoms with Gasteiger partial charge in [-0.3, -0.25) is 9.59 Å². The second kappa shape index (κ2) is 11.9. The number of carbonyl (C=O) groups excluding carboxylic acids is 2. The molecule has 46 heavy (non-hydrogen) atoms. The summed E-state index contributed by atoms with van der Waals surface area (Å²) in [5.41, 5.74) is 1.59. The number of hydrogen-bond acceptors (Lipinski definition) is 7. The highest BCUT2D eigenvalue weighted by Crippen LogP contribution is 2.47. The summed E-state index contributed by atoms with van der Waals surface area (Å²) in [6, 6.07) is 17.0. The summed E-state index contributed by atoms with van der Waals surface area (Å²) in [4.78, 5) is 35.2. The van der Waals surface area contributed by atoms with Crippen LogP contribution in [-0.2, 0) is 9.59 Å². The number of amides is 2. The van der Waals surface area contributed by atoms with Gasteiger partial charge in [-0.25, -0.2) is 18.3 Å². The normalized spacial score (nSPS) is 15.8. The van der Waals surface area contributed by atoms with E-state index >= 15 is 4.39 Å². The minimum Gasteiger partial charge on any atom is -0.452 e. The van der Waals surface area contributed by atoms with E-state index in [1.165, 1.54) is 36.4 Å². The van der Waals surface area contributed by atoms with Crippen LogP contribution in [0, 0.1) is 17.0 Å². The van der Waals surface area contributed by atoms with Gasteiger partial charge in [-0.15, -0.1) is 0 Å². The van der Waals surface area contributed by atoms with E-state index in [0.717, 1.165) is 49.2 Å². The molecule has 0 unspecified atom stereocenters. The molecule has 10 nitrogen and oxygen atoms in total. The Morgan fingerprint density at radius 1 is 0.826 bits per heavy atom. The zero-order valence-electron chi connectivity index (χ0n) is 25.0. The van der Waals surface area contributed by atoms with Crippen LogP contribution in [0.3, 0.4) is 0 Å². The molecule has 12 heteroatoms. The van der Waals surface area contributed by atoms with E-state index in [2.05, 4.69) is 32.6 Å². The number of carbonyl (C=O) groups is 2. The van der Waals surface area contributed by atoms with Crippen molar-refractivity contribution in [2.45, 2.75) is 12.8 Å². The Morgan fingerprint density at radius 3 is 2.22 bits per heavy atom. The van der Waals surface area contributed by atoms with E-state index in [0.29, 0.717) is 29.8 Å². The summed E-state index contributed by atoms with van der Waals surface area (Å²) in [6.45, 7) is 3.81. The summed E-state index contributed by atoms with van der Waals surface area (Å²) in [6.07, 6.45) is 6.01. The highest BCUT2D eigenvalue weighted by atomic mass is 19.1. The van der Waals surface area contributed by atoms with Crippen molar-refractivity contribution in [1.29, 1.82) is 0 Å². The number of fused-ring (bicyclic) bond motifs is 1. The van der Waals surface area contributed by atoms with E-state index in [1.807, 2.05) is 30.6 Å². The lowest BCUT2D eigenvalue weighted by Gasteiger charge is -2.33. The predicted molar refractivity (Wildman–Crippen MR) is 170 cm³/mol. The van der Waals surface area contributed by atoms with E-state index < -0.39 is 28.9 Å². The van der Waals surface area contributed by atoms with Gasteiger partial charge in [0.05, 0.1) is 6.20 Å². The number of nitrogens with zero attached hydrogens (tertiary/aromatic N) is 5. The number of hydrogen-bond donors (Lipinski definition) is 2. The minimum absolute atomic E-state index is 0.0445. The van der Waals surface area contributed by atoms with Crippen molar-refractivity contribution >= 4 is 34.5 Å². The Bertz CT molecular complexity index is 1920. The molecule has 5 aromatic rings. The van der Waals surface area contributed by atoms with E-state index in [-0.39, 0.29) is 11.4 Å². The van der Waals surface area contributed by atoms with Crippen LogP contribution in [0.2, 0.25) is 0 Å². The van der Waals surface area contributed by atoms with Gasteiger partial charge < -0.3 is 25.2 Å². The maximum atomic E-state index is 15.3. The zero-order chi connectivity index (χ0) is 31.8. The highest BCUT2D eigenvalue weighted by molar-refractivity contribution is 6.16. The number of pyridine rings is 2. The molecule has 2 amide bonds. The molecule has 1 saturated carbocycles. The molecule has 0 atom stereocenters. The zero-order valence-corrected chi connectivity index (χ0v) is 25.0. The van der Waals surface area contributed by atoms with Crippen LogP contribution in [0.5, 0.6) is 11.5 Å². The lowest BCUT2D eigenvalue weighted by atomic mass is 10.0. The number of piperazine rings is 1. The van der Waals surface area contributed by atoms with Crippen molar-refractivity contribution in [1.82, 2.24) is 19.5 Å². The average molecular weight is 624 g/mol. The Morgan fingerprint density at radius 2 is 1.54 bits per heavy atom. The fourth-order valence-electron chi connectivity index (χ4n) is 5.51. The van der Waals surface area contributed by atoms with Crippen molar-refractivity contribution in [3.05, 3.63) is 97.0 Å². The summed E-state index contributed by atoms with van der Waals surface area (Å²) in [5.74, 6) is -0.895. The van der Waals surface area contributed by atoms with Crippen LogP contribution >= 0.6 is 0 Å². The van der Waals surface area contributed by atoms with Gasteiger partial charge in [0.1, 0.15) is 22.6 Å². The first-order valence-electron chi connectivity index (χ1n) is 15.0. The molecule has 1 aliphatic heterocycles. The third kappa shape index (κ3) is 5.86. The fourth-order valence-corrected chi connectivity index (χ4v) is 5.51. The standard InChI is InChI=1S/C34H31F2N7O3/c1-41-14-16-42(17-15-41)31-9-2-22(20-37-31)23-18-30(28-10-13-38-43(28)21-23)46-29-8-7-26(19-27(29)36)40-33(45)34(11-12-34)32(44)39-25-5-3-24(35)4-6-25/h2-10,13,18-21H,11-12,14-17H2,1H3,(H,39,44)(H,40,45). The second-order valence-corrected chi connectivity index (χ2v) is 11.7. The Balaban J connectivity index is 1.06. The molecule has 7 rings (SSSR count). The molecule has 0 spiro atoms. The summed E-state index contributed by atoms with van der Waals surface area (Å²) in [7, 11) is 2.11. The van der Waals surface area contributed by atoms with Crippen LogP contribution in [0.15, 0.2) is 85.3 Å². The molecular weight excluding hydrogens is 592 g/mol. The third-order valence-corrected chi connectivity index (χ3v) is 8.51. The van der Waals surface area contributed by atoms with Gasteiger partial charge in [0.15, 0.2) is 17.3 Å². The van der Waals surface area contributed by atoms with Gasteiger partial charge in [-0.1, -0.05) is 0 Å². The van der Waals surface area contributed by atoms with Crippen LogP contribution in [0.4, 0.5) is 26.0 Å². The molecule has 4 heterocycles. The monoisotopic (exact) mass is 623 g/mol. The molecule has 0 radical (unpaired) electrons. The van der Waals surface area contributed by atoms with Crippen molar-refractivity contribution < 1.29 is 23.1 Å². The Labute approximate surface area is 263 Å². The highest BCUT2D eigenvalue weighted by Gasteiger charge is 2.56. The average Bonchev–Trinajstić information content (AvgIpc) is 3.74. The second-order valence-electron chi connectivity index (χ2n) is 11.7. The summed E-state index contributed by atoms with van der Waals surface area (Å²) < 4.78 is 36.3. The number of benzene rings is 2. The first-order chi connectivity index (χ1) is 22.3. The number of likely N-dealkylation sites (N-methyl/N-ethyl adjacent to an activating group) is 1. The number of halogens is 2. The summed E-state index contributed by atoms with van der Waals surface area (Å²) in [5, 5.41) is 9.68. The van der Waals surface area contributed by atoms with Crippen molar-refractivity contribution in [3.8, 4) is 22.6 Å². The van der Waals surface area contributed by atoms with Gasteiger partial charge in [0.25, 0.3) is 0 Å². The van der Waals surface area contributed by atoms with Crippen LogP contribution in [-0.4, -0.2) is 64.5 Å². The van der Waals surface area contributed by atoms with E-state index in [4.69, 9.17) is 9.72 Å². The third-order valence-electron chi connectivity index (χ3n) is 8.51. The number of ether oxygens (including phenoxy) is 1. The maximum Gasteiger partial charge on any atom is 0.240 e. The summed E-state index contributed by atoms with van der Waals surface area (Å²) >= 11 is 0. The molecule has 2 N–H and O–H groups in total. The van der Waals surface area contributed by atoms with Crippen LogP contribution < -0.4 is 20.3 Å². The molecule has 0 bridgehead atoms. The van der Waals surface area contributed by atoms with E-state index in [1.54, 1.807) is 16.8 Å². The first-order valence-corrected chi connectivity index (χ1v) is 15.0. The van der Waals surface area contributed by atoms with Crippen molar-refractivity contribution in [2.75, 3.05) is 48.8 Å². The quantitative estimate of drug-likeness (QED) is 0.218. The smallest absolute Gasteiger partial charge is 0.240 e. The fraction of sp³-hybridized carbons (Fsp3) is 0.235.